The minimum absolute atomic E-state index is 0.294. The van der Waals surface area contributed by atoms with E-state index >= 15 is 0 Å². The first-order valence-electron chi connectivity index (χ1n) is 6.38. The number of nitrogens with zero attached hydrogens (tertiary/aromatic N) is 1. The molecule has 2 atom stereocenters. The molecule has 1 aromatic rings. The average Bonchev–Trinajstić information content (AvgIpc) is 2.91. The molecule has 1 heterocycles. The maximum atomic E-state index is 12.7. The van der Waals surface area contributed by atoms with Gasteiger partial charge in [-0.3, -0.25) is 0 Å². The number of carbonyl (C=O) groups excluding carboxylic acids is 1. The standard InChI is InChI=1S/C13H14F3N3O/c14-13(15,16)11-6-19(12(20)18-11)10-4-1-7-5-8(17)2-3-9(7)10/h2-3,5,10-11H,1,4,6,17H2,(H,18,20)/t10-,11-/m0/s1. The number of urea groups is 1. The lowest BCUT2D eigenvalue weighted by atomic mass is 10.1. The Labute approximate surface area is 113 Å². The number of carbonyl (C=O) groups is 1. The number of amides is 2. The minimum Gasteiger partial charge on any atom is -0.399 e. The highest BCUT2D eigenvalue weighted by Crippen LogP contribution is 2.39. The normalized spacial score (nSPS) is 25.8. The molecule has 1 aliphatic heterocycles. The SMILES string of the molecule is Nc1ccc2c(c1)CC[C@@H]2N1C[C@@H](C(F)(F)F)NC1=O. The zero-order chi connectivity index (χ0) is 14.5. The van der Waals surface area contributed by atoms with Crippen LogP contribution in [0.3, 0.4) is 0 Å². The molecule has 20 heavy (non-hydrogen) atoms. The van der Waals surface area contributed by atoms with Crippen LogP contribution in [0, 0.1) is 0 Å². The van der Waals surface area contributed by atoms with Crippen molar-refractivity contribution in [1.29, 1.82) is 0 Å². The Morgan fingerprint density at radius 3 is 2.75 bits per heavy atom. The van der Waals surface area contributed by atoms with Crippen LogP contribution >= 0.6 is 0 Å². The molecule has 1 aromatic carbocycles. The number of halogens is 3. The molecule has 1 fully saturated rings. The summed E-state index contributed by atoms with van der Waals surface area (Å²) in [6.07, 6.45) is -3.05. The lowest BCUT2D eigenvalue weighted by molar-refractivity contribution is -0.150. The van der Waals surface area contributed by atoms with Gasteiger partial charge in [0.1, 0.15) is 6.04 Å². The van der Waals surface area contributed by atoms with Gasteiger partial charge in [0.15, 0.2) is 0 Å². The van der Waals surface area contributed by atoms with Crippen molar-refractivity contribution in [3.8, 4) is 0 Å². The zero-order valence-corrected chi connectivity index (χ0v) is 10.6. The molecule has 2 amide bonds. The molecule has 0 bridgehead atoms. The molecule has 1 saturated heterocycles. The molecule has 0 aromatic heterocycles. The van der Waals surface area contributed by atoms with Crippen LogP contribution < -0.4 is 11.1 Å². The Morgan fingerprint density at radius 1 is 1.35 bits per heavy atom. The highest BCUT2D eigenvalue weighted by atomic mass is 19.4. The zero-order valence-electron chi connectivity index (χ0n) is 10.6. The summed E-state index contributed by atoms with van der Waals surface area (Å²) in [5.74, 6) is 0. The van der Waals surface area contributed by atoms with E-state index < -0.39 is 18.2 Å². The van der Waals surface area contributed by atoms with Gasteiger partial charge >= 0.3 is 12.2 Å². The number of fused-ring (bicyclic) bond motifs is 1. The molecule has 0 saturated carbocycles. The van der Waals surface area contributed by atoms with Crippen molar-refractivity contribution < 1.29 is 18.0 Å². The van der Waals surface area contributed by atoms with E-state index in [0.29, 0.717) is 12.1 Å². The van der Waals surface area contributed by atoms with E-state index in [-0.39, 0.29) is 12.6 Å². The minimum atomic E-state index is -4.41. The molecule has 3 rings (SSSR count). The van der Waals surface area contributed by atoms with E-state index in [1.54, 1.807) is 12.1 Å². The van der Waals surface area contributed by atoms with Gasteiger partial charge in [-0.25, -0.2) is 4.79 Å². The summed E-state index contributed by atoms with van der Waals surface area (Å²) in [5.41, 5.74) is 8.24. The van der Waals surface area contributed by atoms with Crippen molar-refractivity contribution in [1.82, 2.24) is 10.2 Å². The molecular weight excluding hydrogens is 271 g/mol. The molecule has 2 aliphatic rings. The van der Waals surface area contributed by atoms with Crippen molar-refractivity contribution >= 4 is 11.7 Å². The second-order valence-electron chi connectivity index (χ2n) is 5.21. The third kappa shape index (κ3) is 2.07. The van der Waals surface area contributed by atoms with E-state index in [1.165, 1.54) is 4.90 Å². The Hall–Kier alpha value is -1.92. The van der Waals surface area contributed by atoms with Gasteiger partial charge in [0.25, 0.3) is 0 Å². The van der Waals surface area contributed by atoms with Gasteiger partial charge < -0.3 is 16.0 Å². The van der Waals surface area contributed by atoms with Gasteiger partial charge in [-0.2, -0.15) is 13.2 Å². The number of alkyl halides is 3. The van der Waals surface area contributed by atoms with Crippen molar-refractivity contribution in [3.05, 3.63) is 29.3 Å². The number of nitrogens with two attached hydrogens (primary N) is 1. The van der Waals surface area contributed by atoms with Crippen LogP contribution in [0.15, 0.2) is 18.2 Å². The van der Waals surface area contributed by atoms with Crippen LogP contribution in [0.2, 0.25) is 0 Å². The number of benzene rings is 1. The quantitative estimate of drug-likeness (QED) is 0.777. The van der Waals surface area contributed by atoms with Crippen LogP contribution in [0.4, 0.5) is 23.7 Å². The van der Waals surface area contributed by atoms with E-state index in [1.807, 2.05) is 11.4 Å². The number of rotatable bonds is 1. The summed E-state index contributed by atoms with van der Waals surface area (Å²) in [6.45, 7) is -0.336. The first kappa shape index (κ1) is 13.1. The number of aryl methyl sites for hydroxylation is 1. The number of hydrogen-bond donors (Lipinski definition) is 2. The third-order valence-corrected chi connectivity index (χ3v) is 3.92. The van der Waals surface area contributed by atoms with Gasteiger partial charge in [-0.15, -0.1) is 0 Å². The van der Waals surface area contributed by atoms with Crippen molar-refractivity contribution in [2.24, 2.45) is 0 Å². The Morgan fingerprint density at radius 2 is 2.10 bits per heavy atom. The largest absolute Gasteiger partial charge is 0.410 e. The second kappa shape index (κ2) is 4.29. The Balaban J connectivity index is 1.84. The molecule has 0 radical (unpaired) electrons. The second-order valence-corrected chi connectivity index (χ2v) is 5.21. The molecular formula is C13H14F3N3O. The summed E-state index contributed by atoms with van der Waals surface area (Å²) >= 11 is 0. The van der Waals surface area contributed by atoms with Crippen molar-refractivity contribution in [2.75, 3.05) is 12.3 Å². The van der Waals surface area contributed by atoms with E-state index in [0.717, 1.165) is 17.5 Å². The number of hydrogen-bond acceptors (Lipinski definition) is 2. The summed E-state index contributed by atoms with van der Waals surface area (Å²) < 4.78 is 38.1. The van der Waals surface area contributed by atoms with Crippen LogP contribution in [-0.2, 0) is 6.42 Å². The predicted molar refractivity (Wildman–Crippen MR) is 67.0 cm³/mol. The fraction of sp³-hybridized carbons (Fsp3) is 0.462. The summed E-state index contributed by atoms with van der Waals surface area (Å²) in [5, 5.41) is 2.00. The number of anilines is 1. The third-order valence-electron chi connectivity index (χ3n) is 3.92. The van der Waals surface area contributed by atoms with E-state index in [9.17, 15) is 18.0 Å². The van der Waals surface area contributed by atoms with Crippen molar-refractivity contribution in [2.45, 2.75) is 31.1 Å². The molecule has 108 valence electrons. The summed E-state index contributed by atoms with van der Waals surface area (Å²) in [4.78, 5) is 13.1. The molecule has 7 heteroatoms. The number of nitrogen functional groups attached to an aromatic ring is 1. The van der Waals surface area contributed by atoms with Crippen LogP contribution in [0.1, 0.15) is 23.6 Å². The molecule has 0 unspecified atom stereocenters. The van der Waals surface area contributed by atoms with Crippen molar-refractivity contribution in [3.63, 3.8) is 0 Å². The highest BCUT2D eigenvalue weighted by molar-refractivity contribution is 5.78. The topological polar surface area (TPSA) is 58.4 Å². The Bertz CT molecular complexity index is 558. The van der Waals surface area contributed by atoms with Crippen LogP contribution in [0.25, 0.3) is 0 Å². The fourth-order valence-electron chi connectivity index (χ4n) is 2.95. The van der Waals surface area contributed by atoms with Gasteiger partial charge in [-0.05, 0) is 36.1 Å². The van der Waals surface area contributed by atoms with E-state index in [4.69, 9.17) is 5.73 Å². The lowest BCUT2D eigenvalue weighted by Gasteiger charge is -2.24. The molecule has 3 N–H and O–H groups in total. The average molecular weight is 285 g/mol. The molecule has 4 nitrogen and oxygen atoms in total. The van der Waals surface area contributed by atoms with Crippen LogP contribution in [0.5, 0.6) is 0 Å². The van der Waals surface area contributed by atoms with E-state index in [2.05, 4.69) is 0 Å². The maximum Gasteiger partial charge on any atom is 0.410 e. The maximum absolute atomic E-state index is 12.7. The first-order valence-corrected chi connectivity index (χ1v) is 6.38. The molecule has 1 aliphatic carbocycles. The number of nitrogens with one attached hydrogen (secondary N) is 1. The highest BCUT2D eigenvalue weighted by Gasteiger charge is 2.49. The smallest absolute Gasteiger partial charge is 0.399 e. The van der Waals surface area contributed by atoms with Gasteiger partial charge in [0.2, 0.25) is 0 Å². The Kier molecular flexibility index (Phi) is 2.81. The monoisotopic (exact) mass is 285 g/mol. The van der Waals surface area contributed by atoms with Crippen LogP contribution in [-0.4, -0.2) is 29.7 Å². The molecule has 0 spiro atoms. The predicted octanol–water partition coefficient (Wildman–Crippen LogP) is 2.21. The van der Waals surface area contributed by atoms with Gasteiger partial charge in [0.05, 0.1) is 12.6 Å². The summed E-state index contributed by atoms with van der Waals surface area (Å²) in [7, 11) is 0. The lowest BCUT2D eigenvalue weighted by Crippen LogP contribution is -2.40. The van der Waals surface area contributed by atoms with Gasteiger partial charge in [0, 0.05) is 5.69 Å². The van der Waals surface area contributed by atoms with Gasteiger partial charge in [-0.1, -0.05) is 6.07 Å². The first-order chi connectivity index (χ1) is 9.36. The fourth-order valence-corrected chi connectivity index (χ4v) is 2.95. The summed E-state index contributed by atoms with van der Waals surface area (Å²) in [6, 6.07) is 2.61.